The van der Waals surface area contributed by atoms with Crippen molar-refractivity contribution in [3.63, 3.8) is 0 Å². The third-order valence-electron chi connectivity index (χ3n) is 3.33. The lowest BCUT2D eigenvalue weighted by Crippen LogP contribution is -2.56. The van der Waals surface area contributed by atoms with Crippen molar-refractivity contribution in [3.05, 3.63) is 0 Å². The molecular formula is C13H25N3O2. The highest BCUT2D eigenvalue weighted by Gasteiger charge is 2.28. The zero-order valence-electron chi connectivity index (χ0n) is 12.1. The number of carbonyl (C=O) groups excluding carboxylic acids is 2. The Kier molecular flexibility index (Phi) is 4.99. The maximum atomic E-state index is 12.4. The second kappa shape index (κ2) is 6.07. The van der Waals surface area contributed by atoms with Crippen LogP contribution in [-0.4, -0.2) is 64.9 Å². The molecule has 0 aromatic rings. The molecule has 0 atom stereocenters. The smallest absolute Gasteiger partial charge is 0.320 e. The SMILES string of the molecule is CC(=O)N1CCN(C(=O)N(C(C)C)C(C)C)CC1. The van der Waals surface area contributed by atoms with Crippen LogP contribution in [0.15, 0.2) is 0 Å². The maximum absolute atomic E-state index is 12.4. The number of hydrogen-bond donors (Lipinski definition) is 0. The van der Waals surface area contributed by atoms with Gasteiger partial charge in [0.1, 0.15) is 0 Å². The van der Waals surface area contributed by atoms with Gasteiger partial charge in [0.2, 0.25) is 5.91 Å². The van der Waals surface area contributed by atoms with Crippen LogP contribution in [0.2, 0.25) is 0 Å². The number of rotatable bonds is 2. The minimum absolute atomic E-state index is 0.0863. The van der Waals surface area contributed by atoms with E-state index >= 15 is 0 Å². The van der Waals surface area contributed by atoms with Crippen LogP contribution in [0.5, 0.6) is 0 Å². The Hall–Kier alpha value is -1.26. The van der Waals surface area contributed by atoms with E-state index in [1.54, 1.807) is 11.8 Å². The molecule has 0 radical (unpaired) electrons. The van der Waals surface area contributed by atoms with Gasteiger partial charge in [-0.15, -0.1) is 0 Å². The molecule has 0 aromatic carbocycles. The first-order chi connectivity index (χ1) is 8.34. The van der Waals surface area contributed by atoms with Gasteiger partial charge in [0.15, 0.2) is 0 Å². The van der Waals surface area contributed by atoms with Gasteiger partial charge >= 0.3 is 6.03 Å². The fourth-order valence-electron chi connectivity index (χ4n) is 2.41. The summed E-state index contributed by atoms with van der Waals surface area (Å²) in [4.78, 5) is 29.2. The Labute approximate surface area is 110 Å². The molecule has 1 rings (SSSR count). The van der Waals surface area contributed by atoms with Crippen molar-refractivity contribution in [1.29, 1.82) is 0 Å². The summed E-state index contributed by atoms with van der Waals surface area (Å²) < 4.78 is 0. The summed E-state index contributed by atoms with van der Waals surface area (Å²) >= 11 is 0. The van der Waals surface area contributed by atoms with E-state index in [0.717, 1.165) is 0 Å². The first-order valence-corrected chi connectivity index (χ1v) is 6.67. The summed E-state index contributed by atoms with van der Waals surface area (Å²) in [5.41, 5.74) is 0. The standard InChI is InChI=1S/C13H25N3O2/c1-10(2)16(11(3)4)13(18)15-8-6-14(7-9-15)12(5)17/h10-11H,6-9H2,1-5H3. The second-order valence-corrected chi connectivity index (χ2v) is 5.37. The van der Waals surface area contributed by atoms with Crippen LogP contribution >= 0.6 is 0 Å². The average Bonchev–Trinajstić information content (AvgIpc) is 2.28. The third-order valence-corrected chi connectivity index (χ3v) is 3.33. The fraction of sp³-hybridized carbons (Fsp3) is 0.846. The molecule has 1 heterocycles. The molecule has 0 aromatic heterocycles. The van der Waals surface area contributed by atoms with Crippen LogP contribution in [-0.2, 0) is 4.79 Å². The highest BCUT2D eigenvalue weighted by Crippen LogP contribution is 2.12. The number of amides is 3. The number of hydrogen-bond acceptors (Lipinski definition) is 2. The van der Waals surface area contributed by atoms with Crippen LogP contribution in [0.1, 0.15) is 34.6 Å². The molecule has 1 fully saturated rings. The first kappa shape index (κ1) is 14.8. The van der Waals surface area contributed by atoms with Gasteiger partial charge in [0.25, 0.3) is 0 Å². The van der Waals surface area contributed by atoms with E-state index in [-0.39, 0.29) is 24.0 Å². The number of piperazine rings is 1. The molecular weight excluding hydrogens is 230 g/mol. The number of carbonyl (C=O) groups is 2. The predicted molar refractivity (Wildman–Crippen MR) is 71.3 cm³/mol. The third kappa shape index (κ3) is 3.37. The molecule has 0 bridgehead atoms. The molecule has 0 aliphatic carbocycles. The van der Waals surface area contributed by atoms with Crippen molar-refractivity contribution in [2.75, 3.05) is 26.2 Å². The van der Waals surface area contributed by atoms with Crippen molar-refractivity contribution in [2.24, 2.45) is 0 Å². The fourth-order valence-corrected chi connectivity index (χ4v) is 2.41. The summed E-state index contributed by atoms with van der Waals surface area (Å²) in [6.07, 6.45) is 0. The molecule has 1 aliphatic rings. The van der Waals surface area contributed by atoms with Crippen molar-refractivity contribution < 1.29 is 9.59 Å². The topological polar surface area (TPSA) is 43.9 Å². The van der Waals surface area contributed by atoms with Gasteiger partial charge < -0.3 is 14.7 Å². The van der Waals surface area contributed by atoms with E-state index in [1.807, 2.05) is 37.5 Å². The minimum atomic E-state index is 0.0863. The molecule has 3 amide bonds. The van der Waals surface area contributed by atoms with Crippen LogP contribution < -0.4 is 0 Å². The van der Waals surface area contributed by atoms with Crippen molar-refractivity contribution in [1.82, 2.24) is 14.7 Å². The van der Waals surface area contributed by atoms with Crippen molar-refractivity contribution in [2.45, 2.75) is 46.7 Å². The molecule has 104 valence electrons. The molecule has 5 heteroatoms. The molecule has 0 spiro atoms. The van der Waals surface area contributed by atoms with E-state index < -0.39 is 0 Å². The lowest BCUT2D eigenvalue weighted by atomic mass is 10.2. The Morgan fingerprint density at radius 1 is 0.889 bits per heavy atom. The van der Waals surface area contributed by atoms with Crippen LogP contribution in [0, 0.1) is 0 Å². The van der Waals surface area contributed by atoms with Gasteiger partial charge in [-0.05, 0) is 27.7 Å². The van der Waals surface area contributed by atoms with Gasteiger partial charge in [0, 0.05) is 45.2 Å². The quantitative estimate of drug-likeness (QED) is 0.748. The summed E-state index contributed by atoms with van der Waals surface area (Å²) in [6, 6.07) is 0.481. The zero-order valence-corrected chi connectivity index (χ0v) is 12.1. The molecule has 1 saturated heterocycles. The van der Waals surface area contributed by atoms with Gasteiger partial charge in [-0.2, -0.15) is 0 Å². The molecule has 5 nitrogen and oxygen atoms in total. The van der Waals surface area contributed by atoms with E-state index in [1.165, 1.54) is 0 Å². The first-order valence-electron chi connectivity index (χ1n) is 6.67. The lowest BCUT2D eigenvalue weighted by molar-refractivity contribution is -0.130. The largest absolute Gasteiger partial charge is 0.339 e. The summed E-state index contributed by atoms with van der Waals surface area (Å²) in [7, 11) is 0. The van der Waals surface area contributed by atoms with Crippen LogP contribution in [0.4, 0.5) is 4.79 Å². The normalized spacial score (nSPS) is 16.4. The summed E-state index contributed by atoms with van der Waals surface area (Å²) in [6.45, 7) is 12.3. The van der Waals surface area contributed by atoms with Crippen LogP contribution in [0.25, 0.3) is 0 Å². The van der Waals surface area contributed by atoms with Crippen molar-refractivity contribution >= 4 is 11.9 Å². The minimum Gasteiger partial charge on any atom is -0.339 e. The Bertz CT molecular complexity index is 299. The van der Waals surface area contributed by atoms with Gasteiger partial charge in [0.05, 0.1) is 0 Å². The van der Waals surface area contributed by atoms with E-state index in [2.05, 4.69) is 0 Å². The Balaban J connectivity index is 2.61. The maximum Gasteiger partial charge on any atom is 0.320 e. The molecule has 0 N–H and O–H groups in total. The molecule has 1 aliphatic heterocycles. The van der Waals surface area contributed by atoms with Crippen molar-refractivity contribution in [3.8, 4) is 0 Å². The molecule has 0 saturated carbocycles. The Morgan fingerprint density at radius 3 is 1.61 bits per heavy atom. The highest BCUT2D eigenvalue weighted by atomic mass is 16.2. The average molecular weight is 255 g/mol. The second-order valence-electron chi connectivity index (χ2n) is 5.37. The van der Waals surface area contributed by atoms with E-state index in [9.17, 15) is 9.59 Å². The van der Waals surface area contributed by atoms with Crippen LogP contribution in [0.3, 0.4) is 0 Å². The number of urea groups is 1. The molecule has 18 heavy (non-hydrogen) atoms. The monoisotopic (exact) mass is 255 g/mol. The molecule has 0 unspecified atom stereocenters. The predicted octanol–water partition coefficient (Wildman–Crippen LogP) is 1.39. The number of nitrogens with zero attached hydrogens (tertiary/aromatic N) is 3. The highest BCUT2D eigenvalue weighted by molar-refractivity contribution is 5.76. The summed E-state index contributed by atoms with van der Waals surface area (Å²) in [5.74, 6) is 0.0895. The van der Waals surface area contributed by atoms with Gasteiger partial charge in [-0.3, -0.25) is 4.79 Å². The zero-order chi connectivity index (χ0) is 13.9. The van der Waals surface area contributed by atoms with Gasteiger partial charge in [-0.1, -0.05) is 0 Å². The summed E-state index contributed by atoms with van der Waals surface area (Å²) in [5, 5.41) is 0. The lowest BCUT2D eigenvalue weighted by Gasteiger charge is -2.40. The van der Waals surface area contributed by atoms with E-state index in [4.69, 9.17) is 0 Å². The van der Waals surface area contributed by atoms with Gasteiger partial charge in [-0.25, -0.2) is 4.79 Å². The Morgan fingerprint density at radius 2 is 1.28 bits per heavy atom. The van der Waals surface area contributed by atoms with E-state index in [0.29, 0.717) is 26.2 Å².